The van der Waals surface area contributed by atoms with Crippen LogP contribution in [0.1, 0.15) is 65.7 Å². The van der Waals surface area contributed by atoms with E-state index in [0.29, 0.717) is 6.54 Å². The fourth-order valence-corrected chi connectivity index (χ4v) is 3.24. The summed E-state index contributed by atoms with van der Waals surface area (Å²) in [6.45, 7) is 6.58. The molecule has 3 amide bonds. The molecule has 0 bridgehead atoms. The minimum atomic E-state index is -0.312. The van der Waals surface area contributed by atoms with E-state index in [0.717, 1.165) is 25.7 Å². The number of carbonyl (C=O) groups is 2. The quantitative estimate of drug-likeness (QED) is 0.822. The summed E-state index contributed by atoms with van der Waals surface area (Å²) in [5, 5.41) is 6.10. The Morgan fingerprint density at radius 3 is 2.29 bits per heavy atom. The van der Waals surface area contributed by atoms with Gasteiger partial charge in [0.1, 0.15) is 6.04 Å². The highest BCUT2D eigenvalue weighted by Crippen LogP contribution is 2.21. The molecule has 5 heteroatoms. The van der Waals surface area contributed by atoms with Gasteiger partial charge in [0.2, 0.25) is 5.91 Å². The second-order valence-electron chi connectivity index (χ2n) is 7.38. The van der Waals surface area contributed by atoms with Crippen LogP contribution in [0.4, 0.5) is 4.79 Å². The first kappa shape index (κ1) is 16.1. The SMILES string of the molecule is CC(C)(C)NC(=O)C1CCCN1C(=O)NC1CCCCC1. The van der Waals surface area contributed by atoms with Crippen LogP contribution in [0.5, 0.6) is 0 Å². The fraction of sp³-hybridized carbons (Fsp3) is 0.875. The lowest BCUT2D eigenvalue weighted by Gasteiger charge is -2.30. The highest BCUT2D eigenvalue weighted by molar-refractivity contribution is 5.88. The predicted octanol–water partition coefficient (Wildman–Crippen LogP) is 2.41. The first-order valence-corrected chi connectivity index (χ1v) is 8.26. The van der Waals surface area contributed by atoms with Gasteiger partial charge in [-0.05, 0) is 46.5 Å². The molecule has 2 rings (SSSR count). The highest BCUT2D eigenvalue weighted by atomic mass is 16.2. The van der Waals surface area contributed by atoms with Crippen molar-refractivity contribution in [1.82, 2.24) is 15.5 Å². The van der Waals surface area contributed by atoms with Crippen molar-refractivity contribution in [3.05, 3.63) is 0 Å². The van der Waals surface area contributed by atoms with E-state index in [4.69, 9.17) is 0 Å². The maximum absolute atomic E-state index is 12.4. The number of hydrogen-bond acceptors (Lipinski definition) is 2. The Bertz CT molecular complexity index is 383. The van der Waals surface area contributed by atoms with Gasteiger partial charge < -0.3 is 15.5 Å². The van der Waals surface area contributed by atoms with Gasteiger partial charge in [0.05, 0.1) is 0 Å². The number of urea groups is 1. The van der Waals surface area contributed by atoms with E-state index < -0.39 is 0 Å². The van der Waals surface area contributed by atoms with Gasteiger partial charge in [-0.15, -0.1) is 0 Å². The zero-order chi connectivity index (χ0) is 15.5. The van der Waals surface area contributed by atoms with Crippen LogP contribution in [0.25, 0.3) is 0 Å². The Labute approximate surface area is 127 Å². The third-order valence-corrected chi connectivity index (χ3v) is 4.25. The topological polar surface area (TPSA) is 61.4 Å². The average molecular weight is 295 g/mol. The average Bonchev–Trinajstić information content (AvgIpc) is 2.87. The molecule has 0 aromatic heterocycles. The van der Waals surface area contributed by atoms with Crippen LogP contribution in [0.3, 0.4) is 0 Å². The van der Waals surface area contributed by atoms with E-state index in [9.17, 15) is 9.59 Å². The summed E-state index contributed by atoms with van der Waals surface area (Å²) < 4.78 is 0. The van der Waals surface area contributed by atoms with Crippen LogP contribution < -0.4 is 10.6 Å². The Hall–Kier alpha value is -1.26. The zero-order valence-corrected chi connectivity index (χ0v) is 13.6. The van der Waals surface area contributed by atoms with Gasteiger partial charge in [-0.3, -0.25) is 4.79 Å². The smallest absolute Gasteiger partial charge is 0.318 e. The second-order valence-corrected chi connectivity index (χ2v) is 7.38. The van der Waals surface area contributed by atoms with Gasteiger partial charge >= 0.3 is 6.03 Å². The third-order valence-electron chi connectivity index (χ3n) is 4.25. The van der Waals surface area contributed by atoms with Gasteiger partial charge in [0, 0.05) is 18.1 Å². The van der Waals surface area contributed by atoms with E-state index in [1.807, 2.05) is 20.8 Å². The van der Waals surface area contributed by atoms with E-state index in [-0.39, 0.29) is 29.6 Å². The van der Waals surface area contributed by atoms with Crippen LogP contribution in [-0.2, 0) is 4.79 Å². The molecular formula is C16H29N3O2. The normalized spacial score (nSPS) is 24.0. The summed E-state index contributed by atoms with van der Waals surface area (Å²) in [6.07, 6.45) is 7.46. The molecule has 0 aromatic carbocycles. The molecule has 0 aromatic rings. The van der Waals surface area contributed by atoms with Crippen LogP contribution in [0, 0.1) is 0 Å². The standard InChI is InChI=1S/C16H29N3O2/c1-16(2,3)18-14(20)13-10-7-11-19(13)15(21)17-12-8-5-4-6-9-12/h12-13H,4-11H2,1-3H3,(H,17,21)(H,18,20). The molecule has 21 heavy (non-hydrogen) atoms. The molecule has 1 saturated heterocycles. The molecule has 1 heterocycles. The predicted molar refractivity (Wildman–Crippen MR) is 83.0 cm³/mol. The van der Waals surface area contributed by atoms with Crippen molar-refractivity contribution in [3.63, 3.8) is 0 Å². The van der Waals surface area contributed by atoms with E-state index in [1.165, 1.54) is 19.3 Å². The fourth-order valence-electron chi connectivity index (χ4n) is 3.24. The highest BCUT2D eigenvalue weighted by Gasteiger charge is 2.36. The Balaban J connectivity index is 1.91. The maximum Gasteiger partial charge on any atom is 0.318 e. The first-order chi connectivity index (χ1) is 9.87. The molecule has 1 atom stereocenters. The first-order valence-electron chi connectivity index (χ1n) is 8.26. The summed E-state index contributed by atoms with van der Waals surface area (Å²) >= 11 is 0. The third kappa shape index (κ3) is 4.61. The maximum atomic E-state index is 12.4. The van der Waals surface area contributed by atoms with E-state index >= 15 is 0 Å². The molecule has 0 spiro atoms. The minimum absolute atomic E-state index is 0.0289. The van der Waals surface area contributed by atoms with Crippen LogP contribution in [0.2, 0.25) is 0 Å². The van der Waals surface area contributed by atoms with Crippen molar-refractivity contribution in [2.45, 2.75) is 83.3 Å². The number of rotatable bonds is 2. The molecule has 0 radical (unpaired) electrons. The molecule has 5 nitrogen and oxygen atoms in total. The number of amides is 3. The number of hydrogen-bond donors (Lipinski definition) is 2. The van der Waals surface area contributed by atoms with Crippen molar-refractivity contribution in [1.29, 1.82) is 0 Å². The van der Waals surface area contributed by atoms with Crippen LogP contribution >= 0.6 is 0 Å². The zero-order valence-electron chi connectivity index (χ0n) is 13.6. The molecule has 2 N–H and O–H groups in total. The van der Waals surface area contributed by atoms with Crippen molar-refractivity contribution >= 4 is 11.9 Å². The number of likely N-dealkylation sites (tertiary alicyclic amines) is 1. The number of nitrogens with zero attached hydrogens (tertiary/aromatic N) is 1. The monoisotopic (exact) mass is 295 g/mol. The molecule has 2 aliphatic rings. The van der Waals surface area contributed by atoms with E-state index in [2.05, 4.69) is 10.6 Å². The lowest BCUT2D eigenvalue weighted by Crippen LogP contribution is -2.54. The summed E-state index contributed by atoms with van der Waals surface area (Å²) in [7, 11) is 0. The summed E-state index contributed by atoms with van der Waals surface area (Å²) in [5.74, 6) is -0.0289. The van der Waals surface area contributed by atoms with Crippen molar-refractivity contribution in [3.8, 4) is 0 Å². The van der Waals surface area contributed by atoms with Gasteiger partial charge in [-0.1, -0.05) is 19.3 Å². The second kappa shape index (κ2) is 6.67. The van der Waals surface area contributed by atoms with Gasteiger partial charge in [-0.25, -0.2) is 4.79 Å². The summed E-state index contributed by atoms with van der Waals surface area (Å²) in [5.41, 5.74) is -0.259. The Morgan fingerprint density at radius 2 is 1.67 bits per heavy atom. The molecule has 1 aliphatic carbocycles. The van der Waals surface area contributed by atoms with Gasteiger partial charge in [0.15, 0.2) is 0 Å². The molecule has 1 unspecified atom stereocenters. The molecule has 120 valence electrons. The molecule has 1 aliphatic heterocycles. The lowest BCUT2D eigenvalue weighted by atomic mass is 9.96. The largest absolute Gasteiger partial charge is 0.350 e. The van der Waals surface area contributed by atoms with Crippen molar-refractivity contribution in [2.75, 3.05) is 6.54 Å². The van der Waals surface area contributed by atoms with Crippen molar-refractivity contribution in [2.24, 2.45) is 0 Å². The molecule has 1 saturated carbocycles. The number of carbonyl (C=O) groups excluding carboxylic acids is 2. The van der Waals surface area contributed by atoms with Crippen molar-refractivity contribution < 1.29 is 9.59 Å². The number of nitrogens with one attached hydrogen (secondary N) is 2. The lowest BCUT2D eigenvalue weighted by molar-refractivity contribution is -0.126. The molecular weight excluding hydrogens is 266 g/mol. The van der Waals surface area contributed by atoms with E-state index in [1.54, 1.807) is 4.90 Å². The van der Waals surface area contributed by atoms with Crippen LogP contribution in [-0.4, -0.2) is 41.0 Å². The van der Waals surface area contributed by atoms with Crippen LogP contribution in [0.15, 0.2) is 0 Å². The Morgan fingerprint density at radius 1 is 1.00 bits per heavy atom. The summed E-state index contributed by atoms with van der Waals surface area (Å²) in [6, 6.07) is -0.0838. The minimum Gasteiger partial charge on any atom is -0.350 e. The Kier molecular flexibility index (Phi) is 5.12. The van der Waals surface area contributed by atoms with Gasteiger partial charge in [0.25, 0.3) is 0 Å². The molecule has 2 fully saturated rings. The summed E-state index contributed by atoms with van der Waals surface area (Å²) in [4.78, 5) is 26.5. The van der Waals surface area contributed by atoms with Gasteiger partial charge in [-0.2, -0.15) is 0 Å².